The SMILES string of the molecule is CCN1CC[C@@H](c2ccc(-c3cc(C)c4cn(C(C(=O)Nc5nccs5)c5ncn6c5CCC6)nc4c3Cl)cc2)[C@H](F)C1. The molecule has 1 saturated heterocycles. The molecule has 2 aromatic carbocycles. The van der Waals surface area contributed by atoms with E-state index in [1.165, 1.54) is 11.3 Å². The lowest BCUT2D eigenvalue weighted by Gasteiger charge is -2.34. The van der Waals surface area contributed by atoms with E-state index in [2.05, 4.69) is 37.7 Å². The lowest BCUT2D eigenvalue weighted by Crippen LogP contribution is -2.40. The average molecular weight is 618 g/mol. The van der Waals surface area contributed by atoms with Gasteiger partial charge in [-0.1, -0.05) is 42.8 Å². The standard InChI is InChI=1S/C32H33ClFN7OS/c1-3-39-13-10-22(25(34)17-39)20-6-8-21(9-7-20)23-15-19(2)24-16-41(38-28(24)27(23)33)30(31(42)37-32-35-11-14-43-32)29-26-5-4-12-40(26)18-36-29/h6-9,11,14-16,18,22,25,30H,3-5,10,12-13,17H2,1-2H3,(H,35,37,42)/t22-,25+,30?/m0/s1. The molecule has 43 heavy (non-hydrogen) atoms. The van der Waals surface area contributed by atoms with E-state index in [9.17, 15) is 9.18 Å². The van der Waals surface area contributed by atoms with Crippen molar-refractivity contribution in [3.8, 4) is 11.1 Å². The number of aromatic nitrogens is 5. The Kier molecular flexibility index (Phi) is 7.53. The molecule has 5 aromatic rings. The predicted molar refractivity (Wildman–Crippen MR) is 169 cm³/mol. The third-order valence-corrected chi connectivity index (χ3v) is 9.98. The van der Waals surface area contributed by atoms with E-state index in [0.717, 1.165) is 72.2 Å². The number of hydrogen-bond donors (Lipinski definition) is 1. The number of hydrogen-bond acceptors (Lipinski definition) is 6. The largest absolute Gasteiger partial charge is 0.334 e. The summed E-state index contributed by atoms with van der Waals surface area (Å²) < 4.78 is 18.8. The van der Waals surface area contributed by atoms with Crippen LogP contribution in [0.3, 0.4) is 0 Å². The van der Waals surface area contributed by atoms with Crippen LogP contribution in [-0.2, 0) is 17.8 Å². The summed E-state index contributed by atoms with van der Waals surface area (Å²) in [5.41, 5.74) is 6.19. The van der Waals surface area contributed by atoms with Gasteiger partial charge in [-0.05, 0) is 62.0 Å². The van der Waals surface area contributed by atoms with E-state index in [1.807, 2.05) is 49.1 Å². The molecule has 222 valence electrons. The second kappa shape index (κ2) is 11.5. The van der Waals surface area contributed by atoms with Crippen molar-refractivity contribution in [3.05, 3.63) is 82.0 Å². The predicted octanol–water partition coefficient (Wildman–Crippen LogP) is 6.64. The van der Waals surface area contributed by atoms with Crippen molar-refractivity contribution in [2.24, 2.45) is 0 Å². The number of amides is 1. The zero-order chi connectivity index (χ0) is 29.7. The quantitative estimate of drug-likeness (QED) is 0.221. The summed E-state index contributed by atoms with van der Waals surface area (Å²) >= 11 is 8.42. The number of carbonyl (C=O) groups is 1. The molecule has 0 radical (unpaired) electrons. The van der Waals surface area contributed by atoms with Crippen molar-refractivity contribution in [3.63, 3.8) is 0 Å². The maximum absolute atomic E-state index is 15.0. The number of rotatable bonds is 7. The van der Waals surface area contributed by atoms with Gasteiger partial charge >= 0.3 is 0 Å². The molecule has 11 heteroatoms. The van der Waals surface area contributed by atoms with E-state index in [4.69, 9.17) is 16.7 Å². The Labute approximate surface area is 258 Å². The van der Waals surface area contributed by atoms with Crippen LogP contribution in [-0.4, -0.2) is 60.9 Å². The summed E-state index contributed by atoms with van der Waals surface area (Å²) in [6.45, 7) is 7.27. The zero-order valence-electron chi connectivity index (χ0n) is 24.1. The number of thiazole rings is 1. The van der Waals surface area contributed by atoms with Crippen LogP contribution >= 0.6 is 22.9 Å². The number of likely N-dealkylation sites (tertiary alicyclic amines) is 1. The topological polar surface area (TPSA) is 80.9 Å². The zero-order valence-corrected chi connectivity index (χ0v) is 25.7. The molecule has 0 bridgehead atoms. The fourth-order valence-corrected chi connectivity index (χ4v) is 7.41. The van der Waals surface area contributed by atoms with E-state index in [0.29, 0.717) is 27.9 Å². The summed E-state index contributed by atoms with van der Waals surface area (Å²) in [6.07, 6.45) is 7.18. The van der Waals surface area contributed by atoms with Gasteiger partial charge in [-0.3, -0.25) is 14.8 Å². The molecule has 3 aromatic heterocycles. The Morgan fingerprint density at radius 2 is 2.07 bits per heavy atom. The lowest BCUT2D eigenvalue weighted by molar-refractivity contribution is -0.118. The fraction of sp³-hybridized carbons (Fsp3) is 0.375. The third kappa shape index (κ3) is 5.15. The minimum absolute atomic E-state index is 0.0934. The molecule has 3 atom stereocenters. The molecule has 2 aliphatic rings. The first kappa shape index (κ1) is 28.2. The Bertz CT molecular complexity index is 1780. The Morgan fingerprint density at radius 1 is 1.23 bits per heavy atom. The van der Waals surface area contributed by atoms with Gasteiger partial charge in [0.25, 0.3) is 5.91 Å². The van der Waals surface area contributed by atoms with Crippen molar-refractivity contribution in [2.45, 2.75) is 57.8 Å². The fourth-order valence-electron chi connectivity index (χ4n) is 6.57. The van der Waals surface area contributed by atoms with Crippen LogP contribution in [0.1, 0.15) is 54.2 Å². The van der Waals surface area contributed by atoms with Crippen molar-refractivity contribution < 1.29 is 9.18 Å². The van der Waals surface area contributed by atoms with E-state index in [1.54, 1.807) is 10.9 Å². The molecule has 8 nitrogen and oxygen atoms in total. The molecule has 1 fully saturated rings. The van der Waals surface area contributed by atoms with Gasteiger partial charge in [-0.2, -0.15) is 5.10 Å². The molecule has 2 aliphatic heterocycles. The van der Waals surface area contributed by atoms with Crippen LogP contribution in [0.4, 0.5) is 9.52 Å². The van der Waals surface area contributed by atoms with Gasteiger partial charge in [0.15, 0.2) is 11.2 Å². The average Bonchev–Trinajstić information content (AvgIpc) is 3.82. The highest BCUT2D eigenvalue weighted by atomic mass is 35.5. The molecular formula is C32H33ClFN7OS. The monoisotopic (exact) mass is 617 g/mol. The first-order valence-corrected chi connectivity index (χ1v) is 16.1. The molecule has 7 rings (SSSR count). The number of halogens is 2. The van der Waals surface area contributed by atoms with Gasteiger partial charge in [0.2, 0.25) is 0 Å². The molecular weight excluding hydrogens is 585 g/mol. The van der Waals surface area contributed by atoms with Gasteiger partial charge in [0.1, 0.15) is 11.7 Å². The second-order valence-electron chi connectivity index (χ2n) is 11.5. The van der Waals surface area contributed by atoms with Gasteiger partial charge in [0.05, 0.1) is 17.0 Å². The molecule has 1 amide bonds. The maximum atomic E-state index is 15.0. The van der Waals surface area contributed by atoms with Gasteiger partial charge in [0, 0.05) is 53.4 Å². The lowest BCUT2D eigenvalue weighted by atomic mass is 9.87. The van der Waals surface area contributed by atoms with Crippen molar-refractivity contribution in [1.82, 2.24) is 29.2 Å². The molecule has 1 N–H and O–H groups in total. The Morgan fingerprint density at radius 3 is 2.81 bits per heavy atom. The number of alkyl halides is 1. The number of nitrogens with one attached hydrogen (secondary N) is 1. The van der Waals surface area contributed by atoms with Crippen LogP contribution in [0, 0.1) is 6.92 Å². The maximum Gasteiger partial charge on any atom is 0.257 e. The number of piperidine rings is 1. The van der Waals surface area contributed by atoms with Crippen LogP contribution in [0.25, 0.3) is 22.0 Å². The number of aryl methyl sites for hydroxylation is 2. The summed E-state index contributed by atoms with van der Waals surface area (Å²) in [5, 5.41) is 11.6. The van der Waals surface area contributed by atoms with Crippen LogP contribution in [0.5, 0.6) is 0 Å². The first-order chi connectivity index (χ1) is 20.9. The highest BCUT2D eigenvalue weighted by Crippen LogP contribution is 2.39. The smallest absolute Gasteiger partial charge is 0.257 e. The number of fused-ring (bicyclic) bond motifs is 2. The number of benzene rings is 2. The van der Waals surface area contributed by atoms with E-state index < -0.39 is 12.2 Å². The van der Waals surface area contributed by atoms with E-state index >= 15 is 0 Å². The van der Waals surface area contributed by atoms with Crippen LogP contribution in [0.2, 0.25) is 5.02 Å². The summed E-state index contributed by atoms with van der Waals surface area (Å²) in [6, 6.07) is 9.38. The van der Waals surface area contributed by atoms with Gasteiger partial charge in [-0.25, -0.2) is 14.4 Å². The number of carbonyl (C=O) groups excluding carboxylic acids is 1. The van der Waals surface area contributed by atoms with Crippen molar-refractivity contribution in [1.29, 1.82) is 0 Å². The highest BCUT2D eigenvalue weighted by molar-refractivity contribution is 7.13. The van der Waals surface area contributed by atoms with Gasteiger partial charge in [-0.15, -0.1) is 11.3 Å². The minimum Gasteiger partial charge on any atom is -0.334 e. The highest BCUT2D eigenvalue weighted by Gasteiger charge is 2.33. The first-order valence-electron chi connectivity index (χ1n) is 14.8. The Balaban J connectivity index is 1.24. The minimum atomic E-state index is -0.872. The normalized spacial score (nSPS) is 19.5. The molecule has 0 aliphatic carbocycles. The van der Waals surface area contributed by atoms with Crippen LogP contribution < -0.4 is 5.32 Å². The summed E-state index contributed by atoms with van der Waals surface area (Å²) in [7, 11) is 0. The van der Waals surface area contributed by atoms with E-state index in [-0.39, 0.29) is 11.8 Å². The number of anilines is 1. The molecule has 0 saturated carbocycles. The third-order valence-electron chi connectivity index (χ3n) is 8.91. The van der Waals surface area contributed by atoms with Crippen molar-refractivity contribution >= 4 is 44.9 Å². The number of imidazole rings is 1. The summed E-state index contributed by atoms with van der Waals surface area (Å²) in [4.78, 5) is 24.8. The Hall–Kier alpha value is -3.60. The molecule has 0 spiro atoms. The second-order valence-corrected chi connectivity index (χ2v) is 12.7. The summed E-state index contributed by atoms with van der Waals surface area (Å²) in [5.74, 6) is -0.346. The van der Waals surface area contributed by atoms with Crippen LogP contribution in [0.15, 0.2) is 54.4 Å². The van der Waals surface area contributed by atoms with Crippen molar-refractivity contribution in [2.75, 3.05) is 25.0 Å². The molecule has 1 unspecified atom stereocenters. The van der Waals surface area contributed by atoms with Gasteiger partial charge < -0.3 is 9.47 Å². The number of nitrogens with zero attached hydrogens (tertiary/aromatic N) is 6. The molecule has 5 heterocycles.